The molecular weight excluding hydrogens is 182 g/mol. The van der Waals surface area contributed by atoms with Gasteiger partial charge in [0.15, 0.2) is 0 Å². The molecule has 4 heteroatoms. The Kier molecular flexibility index (Phi) is 2.39. The summed E-state index contributed by atoms with van der Waals surface area (Å²) in [5.74, 6) is 0.611. The highest BCUT2D eigenvalue weighted by atomic mass is 16.7. The van der Waals surface area contributed by atoms with Gasteiger partial charge in [0.2, 0.25) is 0 Å². The number of hydrogen-bond acceptors (Lipinski definition) is 4. The molecule has 1 aliphatic rings. The average Bonchev–Trinajstić information content (AvgIpc) is 2.72. The number of hydroxylamine groups is 2. The summed E-state index contributed by atoms with van der Waals surface area (Å²) in [5.41, 5.74) is 0. The lowest BCUT2D eigenvalue weighted by Crippen LogP contribution is -2.21. The summed E-state index contributed by atoms with van der Waals surface area (Å²) in [4.78, 5) is 16.4. The Balaban J connectivity index is 2.28. The monoisotopic (exact) mass is 195 g/mol. The lowest BCUT2D eigenvalue weighted by atomic mass is 9.96. The molecule has 1 fully saturated rings. The van der Waals surface area contributed by atoms with E-state index in [4.69, 9.17) is 9.25 Å². The molecule has 2 rings (SSSR count). The quantitative estimate of drug-likeness (QED) is 0.669. The van der Waals surface area contributed by atoms with Gasteiger partial charge in [-0.2, -0.15) is 5.06 Å². The number of hydrogen-bond donors (Lipinski definition) is 0. The van der Waals surface area contributed by atoms with Gasteiger partial charge in [-0.05, 0) is 19.1 Å². The smallest absolute Gasteiger partial charge is 0.127 e. The summed E-state index contributed by atoms with van der Waals surface area (Å²) in [7, 11) is 1.81. The molecule has 2 heterocycles. The molecule has 0 radical (unpaired) electrons. The van der Waals surface area contributed by atoms with Crippen molar-refractivity contribution in [1.29, 1.82) is 0 Å². The van der Waals surface area contributed by atoms with Crippen LogP contribution in [0.5, 0.6) is 0 Å². The summed E-state index contributed by atoms with van der Waals surface area (Å²) in [6.45, 7) is 1.89. The molecule has 3 atom stereocenters. The first-order valence-electron chi connectivity index (χ1n) is 4.62. The third-order valence-electron chi connectivity index (χ3n) is 2.62. The summed E-state index contributed by atoms with van der Waals surface area (Å²) in [5, 5.41) is 1.68. The maximum atomic E-state index is 10.9. The normalized spacial score (nSPS) is 33.4. The van der Waals surface area contributed by atoms with Gasteiger partial charge in [0.25, 0.3) is 0 Å². The molecule has 0 aliphatic carbocycles. The van der Waals surface area contributed by atoms with Crippen LogP contribution in [-0.2, 0) is 9.63 Å². The van der Waals surface area contributed by atoms with Gasteiger partial charge in [-0.15, -0.1) is 0 Å². The maximum Gasteiger partial charge on any atom is 0.127 e. The molecule has 0 N–H and O–H groups in total. The van der Waals surface area contributed by atoms with Gasteiger partial charge in [0.05, 0.1) is 18.3 Å². The highest BCUT2D eigenvalue weighted by molar-refractivity contribution is 5.56. The van der Waals surface area contributed by atoms with E-state index in [9.17, 15) is 4.79 Å². The van der Waals surface area contributed by atoms with Crippen molar-refractivity contribution >= 4 is 6.29 Å². The second-order valence-corrected chi connectivity index (χ2v) is 3.53. The maximum absolute atomic E-state index is 10.9. The van der Waals surface area contributed by atoms with Crippen LogP contribution in [0.3, 0.4) is 0 Å². The number of carbonyl (C=O) groups excluding carboxylic acids is 1. The van der Waals surface area contributed by atoms with Crippen molar-refractivity contribution in [2.75, 3.05) is 7.05 Å². The van der Waals surface area contributed by atoms with E-state index in [2.05, 4.69) is 0 Å². The lowest BCUT2D eigenvalue weighted by Gasteiger charge is -2.16. The van der Waals surface area contributed by atoms with Crippen LogP contribution in [-0.4, -0.2) is 24.5 Å². The third-order valence-corrected chi connectivity index (χ3v) is 2.62. The van der Waals surface area contributed by atoms with Crippen molar-refractivity contribution in [3.63, 3.8) is 0 Å². The number of carbonyl (C=O) groups is 1. The molecule has 1 saturated heterocycles. The average molecular weight is 195 g/mol. The third kappa shape index (κ3) is 1.36. The SMILES string of the molecule is CC1ON(C)C(c2ccco2)C1C=O. The molecule has 1 aromatic rings. The molecule has 0 amide bonds. The standard InChI is InChI=1S/C10H13NO3/c1-7-8(6-12)10(11(2)14-7)9-4-3-5-13-9/h3-8,10H,1-2H3. The molecule has 4 nitrogen and oxygen atoms in total. The first-order chi connectivity index (χ1) is 6.74. The second kappa shape index (κ2) is 3.55. The molecule has 3 unspecified atom stereocenters. The van der Waals surface area contributed by atoms with E-state index in [-0.39, 0.29) is 18.1 Å². The summed E-state index contributed by atoms with van der Waals surface area (Å²) in [6, 6.07) is 3.57. The Labute approximate surface area is 82.4 Å². The van der Waals surface area contributed by atoms with Crippen molar-refractivity contribution in [2.45, 2.75) is 19.1 Å². The van der Waals surface area contributed by atoms with E-state index in [1.54, 1.807) is 11.3 Å². The molecule has 76 valence electrons. The van der Waals surface area contributed by atoms with E-state index in [1.165, 1.54) is 0 Å². The van der Waals surface area contributed by atoms with Gasteiger partial charge in [0, 0.05) is 7.05 Å². The zero-order valence-electron chi connectivity index (χ0n) is 8.21. The van der Waals surface area contributed by atoms with E-state index in [1.807, 2.05) is 26.1 Å². The molecule has 0 spiro atoms. The van der Waals surface area contributed by atoms with Crippen molar-refractivity contribution in [3.8, 4) is 0 Å². The number of rotatable bonds is 2. The summed E-state index contributed by atoms with van der Waals surface area (Å²) < 4.78 is 5.29. The Morgan fingerprint density at radius 3 is 2.93 bits per heavy atom. The van der Waals surface area contributed by atoms with Gasteiger partial charge in [-0.1, -0.05) is 0 Å². The van der Waals surface area contributed by atoms with E-state index in [0.717, 1.165) is 12.0 Å². The van der Waals surface area contributed by atoms with Gasteiger partial charge < -0.3 is 9.21 Å². The minimum Gasteiger partial charge on any atom is -0.468 e. The zero-order valence-corrected chi connectivity index (χ0v) is 8.21. The van der Waals surface area contributed by atoms with Gasteiger partial charge in [-0.25, -0.2) is 0 Å². The van der Waals surface area contributed by atoms with E-state index in [0.29, 0.717) is 0 Å². The number of nitrogens with zero attached hydrogens (tertiary/aromatic N) is 1. The zero-order chi connectivity index (χ0) is 10.1. The molecule has 0 bridgehead atoms. The van der Waals surface area contributed by atoms with Crippen molar-refractivity contribution in [1.82, 2.24) is 5.06 Å². The summed E-state index contributed by atoms with van der Waals surface area (Å²) in [6.07, 6.45) is 2.45. The van der Waals surface area contributed by atoms with Crippen molar-refractivity contribution < 1.29 is 14.0 Å². The molecule has 1 aromatic heterocycles. The van der Waals surface area contributed by atoms with Crippen LogP contribution < -0.4 is 0 Å². The fourth-order valence-electron chi connectivity index (χ4n) is 1.91. The topological polar surface area (TPSA) is 42.7 Å². The van der Waals surface area contributed by atoms with E-state index < -0.39 is 0 Å². The largest absolute Gasteiger partial charge is 0.468 e. The first-order valence-corrected chi connectivity index (χ1v) is 4.62. The van der Waals surface area contributed by atoms with E-state index >= 15 is 0 Å². The van der Waals surface area contributed by atoms with Crippen LogP contribution in [0.15, 0.2) is 22.8 Å². The van der Waals surface area contributed by atoms with Crippen LogP contribution in [0.4, 0.5) is 0 Å². The number of furan rings is 1. The van der Waals surface area contributed by atoms with Gasteiger partial charge in [0.1, 0.15) is 18.1 Å². The Morgan fingerprint density at radius 2 is 2.36 bits per heavy atom. The van der Waals surface area contributed by atoms with Crippen LogP contribution in [0.2, 0.25) is 0 Å². The van der Waals surface area contributed by atoms with Gasteiger partial charge in [-0.3, -0.25) is 4.84 Å². The van der Waals surface area contributed by atoms with Crippen molar-refractivity contribution in [3.05, 3.63) is 24.2 Å². The van der Waals surface area contributed by atoms with Gasteiger partial charge >= 0.3 is 0 Å². The Hall–Kier alpha value is -1.13. The highest BCUT2D eigenvalue weighted by Gasteiger charge is 2.41. The predicted octanol–water partition coefficient (Wildman–Crippen LogP) is 1.40. The highest BCUT2D eigenvalue weighted by Crippen LogP contribution is 2.36. The molecule has 0 aromatic carbocycles. The van der Waals surface area contributed by atoms with Crippen LogP contribution >= 0.6 is 0 Å². The van der Waals surface area contributed by atoms with Crippen LogP contribution in [0, 0.1) is 5.92 Å². The molecule has 1 aliphatic heterocycles. The molecule has 14 heavy (non-hydrogen) atoms. The fourth-order valence-corrected chi connectivity index (χ4v) is 1.91. The fraction of sp³-hybridized carbons (Fsp3) is 0.500. The van der Waals surface area contributed by atoms with Crippen molar-refractivity contribution in [2.24, 2.45) is 5.92 Å². The van der Waals surface area contributed by atoms with Crippen LogP contribution in [0.1, 0.15) is 18.7 Å². The predicted molar refractivity (Wildman–Crippen MR) is 49.3 cm³/mol. The Morgan fingerprint density at radius 1 is 1.57 bits per heavy atom. The molecular formula is C10H13NO3. The van der Waals surface area contributed by atoms with Crippen LogP contribution in [0.25, 0.3) is 0 Å². The summed E-state index contributed by atoms with van der Waals surface area (Å²) >= 11 is 0. The second-order valence-electron chi connectivity index (χ2n) is 3.53. The first kappa shape index (κ1) is 9.43. The number of aldehydes is 1. The minimum atomic E-state index is -0.161. The minimum absolute atomic E-state index is 0.0902. The Bertz CT molecular complexity index is 309. The lowest BCUT2D eigenvalue weighted by molar-refractivity contribution is -0.141. The molecule has 0 saturated carbocycles.